The number of morpholine rings is 1. The van der Waals surface area contributed by atoms with Gasteiger partial charge in [-0.3, -0.25) is 4.79 Å². The second kappa shape index (κ2) is 8.98. The van der Waals surface area contributed by atoms with Crippen LogP contribution >= 0.6 is 11.6 Å². The second-order valence-electron chi connectivity index (χ2n) is 6.62. The van der Waals surface area contributed by atoms with Crippen LogP contribution in [0.5, 0.6) is 0 Å². The molecule has 0 aliphatic carbocycles. The number of carbonyl (C=O) groups excluding carboxylic acids is 1. The average molecular weight is 389 g/mol. The van der Waals surface area contributed by atoms with E-state index in [0.29, 0.717) is 43.3 Å². The van der Waals surface area contributed by atoms with Crippen LogP contribution in [-0.2, 0) is 25.3 Å². The Morgan fingerprint density at radius 1 is 1.24 bits per heavy atom. The Bertz CT molecular complexity index is 670. The topological polar surface area (TPSA) is 75.7 Å². The molecule has 0 radical (unpaired) electrons. The summed E-state index contributed by atoms with van der Waals surface area (Å²) in [6, 6.07) is 5.88. The van der Waals surface area contributed by atoms with E-state index < -0.39 is 16.1 Å². The molecule has 140 valence electrons. The van der Waals surface area contributed by atoms with Gasteiger partial charge in [-0.15, -0.1) is 0 Å². The molecule has 0 saturated carbocycles. The zero-order chi connectivity index (χ0) is 18.4. The summed E-state index contributed by atoms with van der Waals surface area (Å²) < 4.78 is 32.9. The Morgan fingerprint density at radius 3 is 2.40 bits per heavy atom. The third-order valence-corrected chi connectivity index (χ3v) is 5.53. The highest BCUT2D eigenvalue weighted by atomic mass is 35.5. The van der Waals surface area contributed by atoms with Crippen LogP contribution in [-0.4, -0.2) is 51.6 Å². The van der Waals surface area contributed by atoms with Crippen molar-refractivity contribution in [3.8, 4) is 0 Å². The van der Waals surface area contributed by atoms with E-state index in [2.05, 4.69) is 4.72 Å². The normalized spacial score (nSPS) is 16.9. The Morgan fingerprint density at radius 2 is 1.84 bits per heavy atom. The number of hydrogen-bond acceptors (Lipinski definition) is 4. The Balaban J connectivity index is 2.08. The van der Waals surface area contributed by atoms with Crippen molar-refractivity contribution in [2.24, 2.45) is 5.92 Å². The molecule has 1 aromatic carbocycles. The Kier molecular flexibility index (Phi) is 7.25. The van der Waals surface area contributed by atoms with Crippen LogP contribution in [0.15, 0.2) is 24.3 Å². The quantitative estimate of drug-likeness (QED) is 0.775. The van der Waals surface area contributed by atoms with Crippen molar-refractivity contribution in [1.29, 1.82) is 0 Å². The van der Waals surface area contributed by atoms with Crippen molar-refractivity contribution < 1.29 is 17.9 Å². The first-order valence-electron chi connectivity index (χ1n) is 8.38. The van der Waals surface area contributed by atoms with Gasteiger partial charge in [-0.1, -0.05) is 37.6 Å². The van der Waals surface area contributed by atoms with E-state index in [1.54, 1.807) is 29.2 Å². The average Bonchev–Trinajstić information content (AvgIpc) is 2.55. The maximum absolute atomic E-state index is 12.7. The van der Waals surface area contributed by atoms with Crippen LogP contribution < -0.4 is 4.72 Å². The zero-order valence-electron chi connectivity index (χ0n) is 14.6. The minimum absolute atomic E-state index is 0.184. The lowest BCUT2D eigenvalue weighted by atomic mass is 10.0. The lowest BCUT2D eigenvalue weighted by molar-refractivity contribution is -0.137. The molecule has 6 nitrogen and oxygen atoms in total. The lowest BCUT2D eigenvalue weighted by Crippen LogP contribution is -2.52. The molecule has 8 heteroatoms. The third-order valence-electron chi connectivity index (χ3n) is 3.92. The molecular weight excluding hydrogens is 364 g/mol. The van der Waals surface area contributed by atoms with Gasteiger partial charge >= 0.3 is 0 Å². The first-order valence-corrected chi connectivity index (χ1v) is 10.4. The van der Waals surface area contributed by atoms with E-state index in [4.69, 9.17) is 16.3 Å². The van der Waals surface area contributed by atoms with Gasteiger partial charge in [-0.25, -0.2) is 13.1 Å². The first-order chi connectivity index (χ1) is 11.8. The standard InChI is InChI=1S/C17H25ClN2O4S/c1-13(2)11-16(17(21)20-7-9-24-10-8-20)19-25(22,23)12-14-3-5-15(18)6-4-14/h3-6,13,16,19H,7-12H2,1-2H3/t16-/m1/s1. The number of sulfonamides is 1. The molecule has 0 bridgehead atoms. The highest BCUT2D eigenvalue weighted by Crippen LogP contribution is 2.14. The Labute approximate surface area is 154 Å². The predicted octanol–water partition coefficient (Wildman–Crippen LogP) is 2.03. The molecular formula is C17H25ClN2O4S. The van der Waals surface area contributed by atoms with E-state index in [9.17, 15) is 13.2 Å². The van der Waals surface area contributed by atoms with Crippen LogP contribution in [0.3, 0.4) is 0 Å². The zero-order valence-corrected chi connectivity index (χ0v) is 16.1. The van der Waals surface area contributed by atoms with Crippen molar-refractivity contribution >= 4 is 27.5 Å². The van der Waals surface area contributed by atoms with Crippen LogP contribution in [0.25, 0.3) is 0 Å². The summed E-state index contributed by atoms with van der Waals surface area (Å²) in [5.74, 6) is -0.181. The highest BCUT2D eigenvalue weighted by molar-refractivity contribution is 7.88. The molecule has 1 N–H and O–H groups in total. The molecule has 0 unspecified atom stereocenters. The fourth-order valence-corrected chi connectivity index (χ4v) is 4.20. The molecule has 1 atom stereocenters. The second-order valence-corrected chi connectivity index (χ2v) is 8.81. The summed E-state index contributed by atoms with van der Waals surface area (Å²) in [6.07, 6.45) is 0.454. The van der Waals surface area contributed by atoms with E-state index in [-0.39, 0.29) is 17.6 Å². The van der Waals surface area contributed by atoms with Gasteiger partial charge < -0.3 is 9.64 Å². The molecule has 2 rings (SSSR count). The predicted molar refractivity (Wildman–Crippen MR) is 97.9 cm³/mol. The third kappa shape index (κ3) is 6.58. The van der Waals surface area contributed by atoms with Crippen molar-refractivity contribution in [3.05, 3.63) is 34.9 Å². The summed E-state index contributed by atoms with van der Waals surface area (Å²) >= 11 is 5.83. The number of hydrogen-bond donors (Lipinski definition) is 1. The Hall–Kier alpha value is -1.15. The smallest absolute Gasteiger partial charge is 0.240 e. The maximum Gasteiger partial charge on any atom is 0.240 e. The number of benzene rings is 1. The van der Waals surface area contributed by atoms with E-state index in [0.717, 1.165) is 0 Å². The molecule has 1 aliphatic rings. The van der Waals surface area contributed by atoms with Crippen molar-refractivity contribution in [3.63, 3.8) is 0 Å². The van der Waals surface area contributed by atoms with Crippen molar-refractivity contribution in [2.45, 2.75) is 32.1 Å². The minimum atomic E-state index is -3.65. The molecule has 1 amide bonds. The van der Waals surface area contributed by atoms with Gasteiger partial charge in [0, 0.05) is 18.1 Å². The number of carbonyl (C=O) groups is 1. The fourth-order valence-electron chi connectivity index (χ4n) is 2.73. The van der Waals surface area contributed by atoms with Gasteiger partial charge in [0.05, 0.1) is 19.0 Å². The molecule has 1 saturated heterocycles. The van der Waals surface area contributed by atoms with Crippen molar-refractivity contribution in [1.82, 2.24) is 9.62 Å². The van der Waals surface area contributed by atoms with E-state index in [1.165, 1.54) is 0 Å². The summed E-state index contributed by atoms with van der Waals surface area (Å²) in [4.78, 5) is 14.4. The minimum Gasteiger partial charge on any atom is -0.378 e. The van der Waals surface area contributed by atoms with Crippen LogP contribution in [0.4, 0.5) is 0 Å². The number of rotatable bonds is 7. The van der Waals surface area contributed by atoms with Crippen LogP contribution in [0, 0.1) is 5.92 Å². The maximum atomic E-state index is 12.7. The molecule has 1 heterocycles. The largest absolute Gasteiger partial charge is 0.378 e. The van der Waals surface area contributed by atoms with Crippen LogP contribution in [0.1, 0.15) is 25.8 Å². The van der Waals surface area contributed by atoms with Gasteiger partial charge in [-0.2, -0.15) is 0 Å². The number of halogens is 1. The van der Waals surface area contributed by atoms with E-state index >= 15 is 0 Å². The van der Waals surface area contributed by atoms with Gasteiger partial charge in [0.1, 0.15) is 6.04 Å². The lowest BCUT2D eigenvalue weighted by Gasteiger charge is -2.31. The van der Waals surface area contributed by atoms with E-state index in [1.807, 2.05) is 13.8 Å². The molecule has 1 aliphatic heterocycles. The van der Waals surface area contributed by atoms with Gasteiger partial charge in [0.2, 0.25) is 15.9 Å². The van der Waals surface area contributed by atoms with Gasteiger partial charge in [0.25, 0.3) is 0 Å². The molecule has 1 fully saturated rings. The summed E-state index contributed by atoms with van der Waals surface area (Å²) in [7, 11) is -3.65. The number of nitrogens with one attached hydrogen (secondary N) is 1. The monoisotopic (exact) mass is 388 g/mol. The molecule has 1 aromatic rings. The first kappa shape index (κ1) is 20.2. The fraction of sp³-hybridized carbons (Fsp3) is 0.588. The number of nitrogens with zero attached hydrogens (tertiary/aromatic N) is 1. The van der Waals surface area contributed by atoms with Gasteiger partial charge in [0.15, 0.2) is 0 Å². The number of ether oxygens (including phenoxy) is 1. The van der Waals surface area contributed by atoms with Crippen LogP contribution in [0.2, 0.25) is 5.02 Å². The number of amides is 1. The molecule has 0 spiro atoms. The summed E-state index contributed by atoms with van der Waals surface area (Å²) in [6.45, 7) is 5.88. The highest BCUT2D eigenvalue weighted by Gasteiger charge is 2.30. The summed E-state index contributed by atoms with van der Waals surface area (Å²) in [5.41, 5.74) is 0.624. The SMILES string of the molecule is CC(C)C[C@@H](NS(=O)(=O)Cc1ccc(Cl)cc1)C(=O)N1CCOCC1. The summed E-state index contributed by atoms with van der Waals surface area (Å²) in [5, 5.41) is 0.550. The van der Waals surface area contributed by atoms with Gasteiger partial charge in [-0.05, 0) is 30.0 Å². The molecule has 0 aromatic heterocycles. The van der Waals surface area contributed by atoms with Crippen molar-refractivity contribution in [2.75, 3.05) is 26.3 Å². The molecule has 25 heavy (non-hydrogen) atoms.